The second-order valence-corrected chi connectivity index (χ2v) is 5.38. The average Bonchev–Trinajstić information content (AvgIpc) is 2.74. The number of aromatic nitrogens is 2. The maximum absolute atomic E-state index is 6.02. The third kappa shape index (κ3) is 3.85. The molecule has 1 aromatic carbocycles. The molecule has 2 N–H and O–H groups in total. The molecule has 1 aromatic heterocycles. The van der Waals surface area contributed by atoms with Gasteiger partial charge in [-0.25, -0.2) is 4.68 Å². The lowest BCUT2D eigenvalue weighted by atomic mass is 10.1. The Morgan fingerprint density at radius 3 is 2.52 bits per heavy atom. The minimum absolute atomic E-state index is 0.596. The number of nitrogens with two attached hydrogens (primary N) is 1. The lowest BCUT2D eigenvalue weighted by Gasteiger charge is -2.09. The highest BCUT2D eigenvalue weighted by molar-refractivity contribution is 5.37. The second kappa shape index (κ2) is 7.27. The smallest absolute Gasteiger partial charge is 0.221 e. The number of ether oxygens (including phenoxy) is 1. The summed E-state index contributed by atoms with van der Waals surface area (Å²) >= 11 is 0. The lowest BCUT2D eigenvalue weighted by Crippen LogP contribution is -2.05. The Bertz CT molecular complexity index is 572. The highest BCUT2D eigenvalue weighted by atomic mass is 16.5. The van der Waals surface area contributed by atoms with Crippen molar-refractivity contribution >= 4 is 0 Å². The number of rotatable bonds is 7. The first-order valence-electron chi connectivity index (χ1n) is 7.65. The van der Waals surface area contributed by atoms with Gasteiger partial charge in [0.1, 0.15) is 5.75 Å². The van der Waals surface area contributed by atoms with Gasteiger partial charge in [-0.3, -0.25) is 0 Å². The molecule has 0 bridgehead atoms. The minimum Gasteiger partial charge on any atom is -0.439 e. The van der Waals surface area contributed by atoms with Crippen molar-refractivity contribution in [3.8, 4) is 11.6 Å². The molecule has 0 aliphatic rings. The fraction of sp³-hybridized carbons (Fsp3) is 0.471. The molecule has 0 fully saturated rings. The van der Waals surface area contributed by atoms with E-state index in [0.29, 0.717) is 6.54 Å². The monoisotopic (exact) mass is 287 g/mol. The van der Waals surface area contributed by atoms with E-state index in [2.05, 4.69) is 24.2 Å². The van der Waals surface area contributed by atoms with Crippen LogP contribution in [0.1, 0.15) is 36.6 Å². The van der Waals surface area contributed by atoms with Gasteiger partial charge in [-0.1, -0.05) is 25.5 Å². The second-order valence-electron chi connectivity index (χ2n) is 5.38. The number of hydrogen-bond acceptors (Lipinski definition) is 3. The fourth-order valence-corrected chi connectivity index (χ4v) is 2.46. The predicted molar refractivity (Wildman–Crippen MR) is 85.8 cm³/mol. The maximum atomic E-state index is 6.02. The van der Waals surface area contributed by atoms with E-state index in [1.54, 1.807) is 4.68 Å². The van der Waals surface area contributed by atoms with Gasteiger partial charge >= 0.3 is 0 Å². The number of hydrogen-bond donors (Lipinski definition) is 1. The number of unbranched alkanes of at least 4 members (excludes halogenated alkanes) is 1. The van der Waals surface area contributed by atoms with Crippen molar-refractivity contribution in [1.29, 1.82) is 0 Å². The van der Waals surface area contributed by atoms with Gasteiger partial charge in [0.25, 0.3) is 0 Å². The van der Waals surface area contributed by atoms with Crippen LogP contribution in [-0.4, -0.2) is 16.3 Å². The molecular formula is C17H25N3O. The van der Waals surface area contributed by atoms with E-state index in [-0.39, 0.29) is 0 Å². The zero-order valence-corrected chi connectivity index (χ0v) is 13.2. The largest absolute Gasteiger partial charge is 0.439 e. The Balaban J connectivity index is 2.14. The summed E-state index contributed by atoms with van der Waals surface area (Å²) in [6.07, 6.45) is 4.35. The van der Waals surface area contributed by atoms with Crippen molar-refractivity contribution in [2.45, 2.75) is 39.5 Å². The SMILES string of the molecule is CCCCc1ccc(Oc2c(CCN)c(C)nn2C)cc1. The van der Waals surface area contributed by atoms with Crippen molar-refractivity contribution in [2.24, 2.45) is 12.8 Å². The van der Waals surface area contributed by atoms with E-state index in [0.717, 1.165) is 35.7 Å². The summed E-state index contributed by atoms with van der Waals surface area (Å²) in [6, 6.07) is 8.33. The molecular weight excluding hydrogens is 262 g/mol. The summed E-state index contributed by atoms with van der Waals surface area (Å²) < 4.78 is 7.80. The van der Waals surface area contributed by atoms with Crippen molar-refractivity contribution in [2.75, 3.05) is 6.54 Å². The normalized spacial score (nSPS) is 10.9. The molecule has 4 nitrogen and oxygen atoms in total. The van der Waals surface area contributed by atoms with Gasteiger partial charge in [0.15, 0.2) is 0 Å². The van der Waals surface area contributed by atoms with Gasteiger partial charge in [0.05, 0.1) is 5.69 Å². The zero-order valence-electron chi connectivity index (χ0n) is 13.2. The molecule has 0 saturated carbocycles. The summed E-state index contributed by atoms with van der Waals surface area (Å²) in [5, 5.41) is 4.42. The molecule has 0 aliphatic carbocycles. The van der Waals surface area contributed by atoms with Gasteiger partial charge in [-0.15, -0.1) is 0 Å². The summed E-state index contributed by atoms with van der Waals surface area (Å²) in [5.41, 5.74) is 9.11. The quantitative estimate of drug-likeness (QED) is 0.849. The summed E-state index contributed by atoms with van der Waals surface area (Å²) in [6.45, 7) is 4.80. The minimum atomic E-state index is 0.596. The van der Waals surface area contributed by atoms with Crippen LogP contribution in [0.15, 0.2) is 24.3 Å². The van der Waals surface area contributed by atoms with E-state index < -0.39 is 0 Å². The third-order valence-corrected chi connectivity index (χ3v) is 3.64. The van der Waals surface area contributed by atoms with Crippen LogP contribution in [0.25, 0.3) is 0 Å². The average molecular weight is 287 g/mol. The van der Waals surface area contributed by atoms with Crippen LogP contribution in [0.2, 0.25) is 0 Å². The van der Waals surface area contributed by atoms with Crippen molar-refractivity contribution in [3.05, 3.63) is 41.1 Å². The van der Waals surface area contributed by atoms with Gasteiger partial charge in [-0.2, -0.15) is 5.10 Å². The van der Waals surface area contributed by atoms with Crippen molar-refractivity contribution < 1.29 is 4.74 Å². The van der Waals surface area contributed by atoms with Crippen LogP contribution >= 0.6 is 0 Å². The molecule has 0 amide bonds. The summed E-state index contributed by atoms with van der Waals surface area (Å²) in [5.74, 6) is 1.63. The molecule has 0 spiro atoms. The molecule has 0 radical (unpaired) electrons. The molecule has 0 saturated heterocycles. The van der Waals surface area contributed by atoms with E-state index >= 15 is 0 Å². The van der Waals surface area contributed by atoms with Crippen molar-refractivity contribution in [1.82, 2.24) is 9.78 Å². The molecule has 0 unspecified atom stereocenters. The summed E-state index contributed by atoms with van der Waals surface area (Å²) in [7, 11) is 1.90. The van der Waals surface area contributed by atoms with Gasteiger partial charge in [0, 0.05) is 12.6 Å². The van der Waals surface area contributed by atoms with E-state index in [1.165, 1.54) is 18.4 Å². The van der Waals surface area contributed by atoms with E-state index in [1.807, 2.05) is 26.1 Å². The first-order valence-corrected chi connectivity index (χ1v) is 7.65. The molecule has 114 valence electrons. The highest BCUT2D eigenvalue weighted by Gasteiger charge is 2.14. The molecule has 2 aromatic rings. The van der Waals surface area contributed by atoms with Crippen molar-refractivity contribution in [3.63, 3.8) is 0 Å². The summed E-state index contributed by atoms with van der Waals surface area (Å²) in [4.78, 5) is 0. The Kier molecular flexibility index (Phi) is 5.39. The maximum Gasteiger partial charge on any atom is 0.221 e. The van der Waals surface area contributed by atoms with Gasteiger partial charge in [-0.05, 0) is 50.4 Å². The highest BCUT2D eigenvalue weighted by Crippen LogP contribution is 2.27. The first kappa shape index (κ1) is 15.6. The van der Waals surface area contributed by atoms with Crippen LogP contribution in [0, 0.1) is 6.92 Å². The van der Waals surface area contributed by atoms with Crippen LogP contribution in [0.5, 0.6) is 11.6 Å². The molecule has 21 heavy (non-hydrogen) atoms. The molecule has 2 rings (SSSR count). The topological polar surface area (TPSA) is 53.1 Å². The number of aryl methyl sites for hydroxylation is 3. The van der Waals surface area contributed by atoms with Crippen LogP contribution in [0.4, 0.5) is 0 Å². The first-order chi connectivity index (χ1) is 10.2. The van der Waals surface area contributed by atoms with E-state index in [9.17, 15) is 0 Å². The van der Waals surface area contributed by atoms with Gasteiger partial charge in [0.2, 0.25) is 5.88 Å². The van der Waals surface area contributed by atoms with Crippen LogP contribution in [0.3, 0.4) is 0 Å². The Morgan fingerprint density at radius 2 is 1.90 bits per heavy atom. The molecule has 1 heterocycles. The zero-order chi connectivity index (χ0) is 15.2. The number of nitrogens with zero attached hydrogens (tertiary/aromatic N) is 2. The third-order valence-electron chi connectivity index (χ3n) is 3.64. The molecule has 0 aliphatic heterocycles. The fourth-order valence-electron chi connectivity index (χ4n) is 2.46. The number of benzene rings is 1. The Morgan fingerprint density at radius 1 is 1.19 bits per heavy atom. The standard InChI is InChI=1S/C17H25N3O/c1-4-5-6-14-7-9-15(10-8-14)21-17-16(11-12-18)13(2)19-20(17)3/h7-10H,4-6,11-12,18H2,1-3H3. The Hall–Kier alpha value is -1.81. The van der Waals surface area contributed by atoms with Crippen LogP contribution in [-0.2, 0) is 19.9 Å². The molecule has 0 atom stereocenters. The predicted octanol–water partition coefficient (Wildman–Crippen LogP) is 3.36. The van der Waals surface area contributed by atoms with Crippen LogP contribution < -0.4 is 10.5 Å². The lowest BCUT2D eigenvalue weighted by molar-refractivity contribution is 0.425. The molecule has 4 heteroatoms. The Labute approximate surface area is 126 Å². The van der Waals surface area contributed by atoms with Gasteiger partial charge < -0.3 is 10.5 Å². The van der Waals surface area contributed by atoms with E-state index in [4.69, 9.17) is 10.5 Å².